The molecule has 2 amide bonds. The van der Waals surface area contributed by atoms with Gasteiger partial charge in [0.15, 0.2) is 0 Å². The molecular formula is C24H28N4O3. The maximum Gasteiger partial charge on any atom is 0.319 e. The van der Waals surface area contributed by atoms with Gasteiger partial charge in [0.1, 0.15) is 17.1 Å². The van der Waals surface area contributed by atoms with E-state index in [2.05, 4.69) is 20.8 Å². The molecule has 1 atom stereocenters. The summed E-state index contributed by atoms with van der Waals surface area (Å²) in [5.74, 6) is 1.64. The molecule has 1 saturated carbocycles. The minimum atomic E-state index is -0.237. The third-order valence-corrected chi connectivity index (χ3v) is 6.37. The molecule has 1 unspecified atom stereocenters. The lowest BCUT2D eigenvalue weighted by atomic mass is 9.77. The van der Waals surface area contributed by atoms with Crippen molar-refractivity contribution in [2.24, 2.45) is 0 Å². The fourth-order valence-electron chi connectivity index (χ4n) is 4.93. The highest BCUT2D eigenvalue weighted by Crippen LogP contribution is 2.47. The molecule has 3 N–H and O–H groups in total. The van der Waals surface area contributed by atoms with Gasteiger partial charge in [0.05, 0.1) is 30.0 Å². The average molecular weight is 421 g/mol. The predicted octanol–water partition coefficient (Wildman–Crippen LogP) is 5.31. The number of H-pyrrole nitrogens is 1. The van der Waals surface area contributed by atoms with E-state index in [1.54, 1.807) is 6.20 Å². The van der Waals surface area contributed by atoms with Crippen LogP contribution in [0.3, 0.4) is 0 Å². The molecule has 0 saturated heterocycles. The van der Waals surface area contributed by atoms with Crippen LogP contribution in [0.1, 0.15) is 57.1 Å². The van der Waals surface area contributed by atoms with Crippen molar-refractivity contribution in [1.82, 2.24) is 15.5 Å². The molecule has 1 aromatic heterocycles. The van der Waals surface area contributed by atoms with E-state index in [0.717, 1.165) is 65.8 Å². The number of carbonyl (C=O) groups excluding carboxylic acids is 1. The number of rotatable bonds is 4. The fourth-order valence-corrected chi connectivity index (χ4v) is 4.93. The van der Waals surface area contributed by atoms with Crippen LogP contribution in [0, 0.1) is 0 Å². The van der Waals surface area contributed by atoms with E-state index in [0.29, 0.717) is 6.61 Å². The van der Waals surface area contributed by atoms with Gasteiger partial charge in [0.2, 0.25) is 0 Å². The molecule has 5 rings (SSSR count). The molecule has 162 valence electrons. The van der Waals surface area contributed by atoms with Gasteiger partial charge in [-0.1, -0.05) is 12.5 Å². The van der Waals surface area contributed by atoms with E-state index in [-0.39, 0.29) is 17.7 Å². The molecule has 1 aliphatic heterocycles. The van der Waals surface area contributed by atoms with E-state index < -0.39 is 0 Å². The van der Waals surface area contributed by atoms with Crippen molar-refractivity contribution in [3.63, 3.8) is 0 Å². The Morgan fingerprint density at radius 1 is 1.26 bits per heavy atom. The number of aromatic amines is 1. The van der Waals surface area contributed by atoms with Gasteiger partial charge in [-0.25, -0.2) is 4.79 Å². The lowest BCUT2D eigenvalue weighted by molar-refractivity contribution is -0.00112. The lowest BCUT2D eigenvalue weighted by Gasteiger charge is -2.44. The van der Waals surface area contributed by atoms with Gasteiger partial charge in [-0.2, -0.15) is 5.10 Å². The molecule has 1 fully saturated rings. The van der Waals surface area contributed by atoms with Crippen molar-refractivity contribution >= 4 is 22.6 Å². The summed E-state index contributed by atoms with van der Waals surface area (Å²) in [7, 11) is 0. The predicted molar refractivity (Wildman–Crippen MR) is 120 cm³/mol. The Morgan fingerprint density at radius 2 is 2.13 bits per heavy atom. The molecule has 7 nitrogen and oxygen atoms in total. The Balaban J connectivity index is 1.41. The Morgan fingerprint density at radius 3 is 2.97 bits per heavy atom. The summed E-state index contributed by atoms with van der Waals surface area (Å²) in [5.41, 5.74) is 2.38. The fraction of sp³-hybridized carbons (Fsp3) is 0.417. The largest absolute Gasteiger partial charge is 0.494 e. The second-order valence-corrected chi connectivity index (χ2v) is 8.47. The van der Waals surface area contributed by atoms with Crippen molar-refractivity contribution in [3.05, 3.63) is 48.2 Å². The monoisotopic (exact) mass is 420 g/mol. The molecule has 0 radical (unpaired) electrons. The van der Waals surface area contributed by atoms with Gasteiger partial charge in [-0.3, -0.25) is 5.10 Å². The highest BCUT2D eigenvalue weighted by atomic mass is 16.5. The highest BCUT2D eigenvalue weighted by molar-refractivity contribution is 6.00. The third kappa shape index (κ3) is 3.92. The van der Waals surface area contributed by atoms with Crippen LogP contribution >= 0.6 is 0 Å². The molecule has 31 heavy (non-hydrogen) atoms. The normalized spacial score (nSPS) is 19.5. The minimum absolute atomic E-state index is 0.147. The zero-order chi connectivity index (χ0) is 21.3. The topological polar surface area (TPSA) is 88.3 Å². The Bertz CT molecular complexity index is 1090. The van der Waals surface area contributed by atoms with Gasteiger partial charge in [0.25, 0.3) is 0 Å². The lowest BCUT2D eigenvalue weighted by Crippen LogP contribution is -2.47. The van der Waals surface area contributed by atoms with Gasteiger partial charge < -0.3 is 20.1 Å². The number of nitrogens with one attached hydrogen (secondary N) is 3. The second kappa shape index (κ2) is 8.13. The first kappa shape index (κ1) is 19.7. The van der Waals surface area contributed by atoms with Crippen LogP contribution in [0.25, 0.3) is 10.9 Å². The second-order valence-electron chi connectivity index (χ2n) is 8.47. The number of urea groups is 1. The molecule has 0 bridgehead atoms. The number of aromatic nitrogens is 2. The number of nitrogens with zero attached hydrogens (tertiary/aromatic N) is 1. The van der Waals surface area contributed by atoms with Crippen molar-refractivity contribution in [1.29, 1.82) is 0 Å². The van der Waals surface area contributed by atoms with Crippen molar-refractivity contribution in [3.8, 4) is 11.5 Å². The molecule has 2 heterocycles. The number of hydrogen-bond donors (Lipinski definition) is 3. The van der Waals surface area contributed by atoms with Gasteiger partial charge in [-0.05, 0) is 62.9 Å². The summed E-state index contributed by atoms with van der Waals surface area (Å²) < 4.78 is 12.2. The number of fused-ring (bicyclic) bond motifs is 2. The van der Waals surface area contributed by atoms with E-state index >= 15 is 0 Å². The summed E-state index contributed by atoms with van der Waals surface area (Å²) in [6.45, 7) is 2.56. The number of hydrogen-bond acceptors (Lipinski definition) is 4. The van der Waals surface area contributed by atoms with Crippen LogP contribution in [-0.4, -0.2) is 28.4 Å². The molecule has 7 heteroatoms. The van der Waals surface area contributed by atoms with E-state index in [1.165, 1.54) is 6.42 Å². The maximum atomic E-state index is 13.0. The minimum Gasteiger partial charge on any atom is -0.494 e. The standard InChI is InChI=1S/C24H28N4O3/c1-2-30-16-9-10-22-17(13-16)21(14-24(31-22)11-4-3-5-12-24)27-23(29)26-19-7-6-8-20-18(19)15-25-28-20/h6-10,13,15,21H,2-5,11-12,14H2,1H3,(H,25,28)(H2,26,27,29). The van der Waals surface area contributed by atoms with Crippen LogP contribution in [0.4, 0.5) is 10.5 Å². The Labute approximate surface area is 181 Å². The molecule has 3 aromatic rings. The molecule has 1 spiro atoms. The quantitative estimate of drug-likeness (QED) is 0.534. The first-order chi connectivity index (χ1) is 15.2. The number of benzene rings is 2. The van der Waals surface area contributed by atoms with E-state index in [9.17, 15) is 4.79 Å². The SMILES string of the molecule is CCOc1ccc2c(c1)C(NC(=O)Nc1cccc3[nH]ncc13)CC1(CCCCC1)O2. The zero-order valence-corrected chi connectivity index (χ0v) is 17.7. The molecule has 2 aromatic carbocycles. The van der Waals surface area contributed by atoms with Crippen LogP contribution in [0.15, 0.2) is 42.6 Å². The van der Waals surface area contributed by atoms with E-state index in [4.69, 9.17) is 9.47 Å². The number of amides is 2. The summed E-state index contributed by atoms with van der Waals surface area (Å²) in [6.07, 6.45) is 8.09. The van der Waals surface area contributed by atoms with Gasteiger partial charge in [-0.15, -0.1) is 0 Å². The number of ether oxygens (including phenoxy) is 2. The van der Waals surface area contributed by atoms with Gasteiger partial charge in [0, 0.05) is 17.4 Å². The first-order valence-corrected chi connectivity index (χ1v) is 11.1. The Kier molecular flexibility index (Phi) is 5.18. The van der Waals surface area contributed by atoms with Crippen LogP contribution in [0.5, 0.6) is 11.5 Å². The summed E-state index contributed by atoms with van der Waals surface area (Å²) in [6, 6.07) is 11.2. The summed E-state index contributed by atoms with van der Waals surface area (Å²) in [5, 5.41) is 14.1. The summed E-state index contributed by atoms with van der Waals surface area (Å²) in [4.78, 5) is 13.0. The van der Waals surface area contributed by atoms with Crippen molar-refractivity contribution in [2.45, 2.75) is 57.1 Å². The van der Waals surface area contributed by atoms with E-state index in [1.807, 2.05) is 43.3 Å². The number of carbonyl (C=O) groups is 1. The number of anilines is 1. The van der Waals surface area contributed by atoms with Crippen LogP contribution in [-0.2, 0) is 0 Å². The zero-order valence-electron chi connectivity index (χ0n) is 17.7. The smallest absolute Gasteiger partial charge is 0.319 e. The third-order valence-electron chi connectivity index (χ3n) is 6.37. The van der Waals surface area contributed by atoms with Gasteiger partial charge >= 0.3 is 6.03 Å². The first-order valence-electron chi connectivity index (χ1n) is 11.1. The maximum absolute atomic E-state index is 13.0. The molecule has 2 aliphatic rings. The average Bonchev–Trinajstić information content (AvgIpc) is 3.25. The molecule has 1 aliphatic carbocycles. The van der Waals surface area contributed by atoms with Crippen LogP contribution in [0.2, 0.25) is 0 Å². The van der Waals surface area contributed by atoms with Crippen LogP contribution < -0.4 is 20.1 Å². The Hall–Kier alpha value is -3.22. The molecular weight excluding hydrogens is 392 g/mol. The highest BCUT2D eigenvalue weighted by Gasteiger charge is 2.42. The summed E-state index contributed by atoms with van der Waals surface area (Å²) >= 11 is 0. The van der Waals surface area contributed by atoms with Crippen molar-refractivity contribution < 1.29 is 14.3 Å². The van der Waals surface area contributed by atoms with Crippen molar-refractivity contribution in [2.75, 3.05) is 11.9 Å².